The van der Waals surface area contributed by atoms with Crippen LogP contribution >= 0.6 is 0 Å². The Hall–Kier alpha value is -1.35. The van der Waals surface area contributed by atoms with Crippen LogP contribution in [0.25, 0.3) is 0 Å². The van der Waals surface area contributed by atoms with Crippen LogP contribution in [0.1, 0.15) is 116 Å². The molecule has 0 aliphatic rings. The predicted molar refractivity (Wildman–Crippen MR) is 127 cm³/mol. The molecule has 0 heterocycles. The highest BCUT2D eigenvalue weighted by atomic mass is 16.6. The molecular formula is C27H46O3. The first-order chi connectivity index (χ1) is 14.3. The van der Waals surface area contributed by atoms with E-state index in [1.165, 1.54) is 63.4 Å². The van der Waals surface area contributed by atoms with E-state index >= 15 is 0 Å². The maximum absolute atomic E-state index is 11.9. The fourth-order valence-corrected chi connectivity index (χ4v) is 3.58. The minimum absolute atomic E-state index is 0.140. The van der Waals surface area contributed by atoms with Gasteiger partial charge in [0.05, 0.1) is 12.7 Å². The molecule has 1 aromatic carbocycles. The summed E-state index contributed by atoms with van der Waals surface area (Å²) >= 11 is 0. The summed E-state index contributed by atoms with van der Waals surface area (Å²) in [5.74, 6) is -0.140. The van der Waals surface area contributed by atoms with Gasteiger partial charge in [-0.15, -0.1) is 0 Å². The normalized spacial score (nSPS) is 12.7. The van der Waals surface area contributed by atoms with Crippen molar-refractivity contribution >= 4 is 5.97 Å². The standard InChI is InChI=1S/C27H46O3/c1-6-7-8-9-10-11-12-13-14-16-23(2)29-22-25-18-15-17-24(21-25)19-20-26(28)30-27(3,4)5/h15,17-18,21,23H,6-14,16,19-20,22H2,1-5H3. The first kappa shape index (κ1) is 26.7. The van der Waals surface area contributed by atoms with Gasteiger partial charge in [-0.25, -0.2) is 0 Å². The highest BCUT2D eigenvalue weighted by molar-refractivity contribution is 5.70. The highest BCUT2D eigenvalue weighted by Gasteiger charge is 2.16. The van der Waals surface area contributed by atoms with Gasteiger partial charge in [-0.05, 0) is 51.7 Å². The van der Waals surface area contributed by atoms with Gasteiger partial charge in [0.15, 0.2) is 0 Å². The number of carbonyl (C=O) groups is 1. The van der Waals surface area contributed by atoms with Crippen molar-refractivity contribution in [1.29, 1.82) is 0 Å². The van der Waals surface area contributed by atoms with Gasteiger partial charge in [0.1, 0.15) is 5.60 Å². The maximum Gasteiger partial charge on any atom is 0.306 e. The van der Waals surface area contributed by atoms with Gasteiger partial charge in [0.25, 0.3) is 0 Å². The van der Waals surface area contributed by atoms with Crippen molar-refractivity contribution in [3.05, 3.63) is 35.4 Å². The van der Waals surface area contributed by atoms with E-state index in [0.29, 0.717) is 25.6 Å². The third kappa shape index (κ3) is 14.6. The van der Waals surface area contributed by atoms with Gasteiger partial charge in [-0.2, -0.15) is 0 Å². The molecule has 0 saturated heterocycles. The van der Waals surface area contributed by atoms with Gasteiger partial charge < -0.3 is 9.47 Å². The molecule has 0 bridgehead atoms. The van der Waals surface area contributed by atoms with Gasteiger partial charge >= 0.3 is 5.97 Å². The van der Waals surface area contributed by atoms with Crippen LogP contribution in [-0.2, 0) is 27.3 Å². The summed E-state index contributed by atoms with van der Waals surface area (Å²) in [5, 5.41) is 0. The largest absolute Gasteiger partial charge is 0.460 e. The maximum atomic E-state index is 11.9. The number of aryl methyl sites for hydroxylation is 1. The summed E-state index contributed by atoms with van der Waals surface area (Å²) in [6.07, 6.45) is 14.8. The molecule has 0 spiro atoms. The Kier molecular flexibility index (Phi) is 13.7. The van der Waals surface area contributed by atoms with E-state index in [4.69, 9.17) is 9.47 Å². The van der Waals surface area contributed by atoms with Crippen LogP contribution in [0.5, 0.6) is 0 Å². The first-order valence-corrected chi connectivity index (χ1v) is 12.2. The number of carbonyl (C=O) groups excluding carboxylic acids is 1. The lowest BCUT2D eigenvalue weighted by Crippen LogP contribution is -2.24. The van der Waals surface area contributed by atoms with Gasteiger partial charge in [-0.3, -0.25) is 4.79 Å². The van der Waals surface area contributed by atoms with E-state index < -0.39 is 5.60 Å². The van der Waals surface area contributed by atoms with Crippen molar-refractivity contribution in [2.75, 3.05) is 0 Å². The average molecular weight is 419 g/mol. The zero-order chi connectivity index (χ0) is 22.2. The minimum atomic E-state index is -0.419. The topological polar surface area (TPSA) is 35.5 Å². The SMILES string of the molecule is CCCCCCCCCCCC(C)OCc1cccc(CCC(=O)OC(C)(C)C)c1. The Morgan fingerprint density at radius 2 is 1.53 bits per heavy atom. The number of benzene rings is 1. The van der Waals surface area contributed by atoms with E-state index in [-0.39, 0.29) is 5.97 Å². The summed E-state index contributed by atoms with van der Waals surface area (Å²) in [6, 6.07) is 8.37. The fourth-order valence-electron chi connectivity index (χ4n) is 3.58. The summed E-state index contributed by atoms with van der Waals surface area (Å²) < 4.78 is 11.4. The molecule has 1 aromatic rings. The van der Waals surface area contributed by atoms with E-state index in [0.717, 1.165) is 12.0 Å². The molecule has 0 radical (unpaired) electrons. The number of ether oxygens (including phenoxy) is 2. The van der Waals surface area contributed by atoms with Crippen molar-refractivity contribution in [3.63, 3.8) is 0 Å². The number of hydrogen-bond donors (Lipinski definition) is 0. The molecule has 3 nitrogen and oxygen atoms in total. The highest BCUT2D eigenvalue weighted by Crippen LogP contribution is 2.15. The van der Waals surface area contributed by atoms with Crippen LogP contribution in [0.4, 0.5) is 0 Å². The minimum Gasteiger partial charge on any atom is -0.460 e. The van der Waals surface area contributed by atoms with Crippen LogP contribution in [0.3, 0.4) is 0 Å². The number of unbranched alkanes of at least 4 members (excludes halogenated alkanes) is 8. The molecule has 0 aliphatic carbocycles. The second-order valence-electron chi connectivity index (χ2n) is 9.65. The van der Waals surface area contributed by atoms with Crippen LogP contribution in [0, 0.1) is 0 Å². The molecule has 3 heteroatoms. The van der Waals surface area contributed by atoms with E-state index in [1.54, 1.807) is 0 Å². The van der Waals surface area contributed by atoms with Gasteiger partial charge in [0, 0.05) is 6.42 Å². The summed E-state index contributed by atoms with van der Waals surface area (Å²) in [4.78, 5) is 11.9. The molecule has 0 aliphatic heterocycles. The quantitative estimate of drug-likeness (QED) is 0.203. The molecule has 1 rings (SSSR count). The third-order valence-corrected chi connectivity index (χ3v) is 5.28. The Morgan fingerprint density at radius 1 is 0.933 bits per heavy atom. The van der Waals surface area contributed by atoms with Crippen LogP contribution in [0.15, 0.2) is 24.3 Å². The Balaban J connectivity index is 2.17. The van der Waals surface area contributed by atoms with Crippen molar-refractivity contribution < 1.29 is 14.3 Å². The van der Waals surface area contributed by atoms with Crippen molar-refractivity contribution in [2.24, 2.45) is 0 Å². The van der Waals surface area contributed by atoms with Crippen LogP contribution < -0.4 is 0 Å². The Labute approximate surface area is 185 Å². The second kappa shape index (κ2) is 15.5. The molecule has 172 valence electrons. The smallest absolute Gasteiger partial charge is 0.306 e. The molecule has 0 saturated carbocycles. The van der Waals surface area contributed by atoms with Crippen LogP contribution in [-0.4, -0.2) is 17.7 Å². The molecule has 0 aromatic heterocycles. The molecule has 30 heavy (non-hydrogen) atoms. The first-order valence-electron chi connectivity index (χ1n) is 12.2. The summed E-state index contributed by atoms with van der Waals surface area (Å²) in [5.41, 5.74) is 1.92. The molecule has 1 unspecified atom stereocenters. The number of esters is 1. The Morgan fingerprint density at radius 3 is 2.17 bits per heavy atom. The van der Waals surface area contributed by atoms with E-state index in [9.17, 15) is 4.79 Å². The monoisotopic (exact) mass is 418 g/mol. The number of rotatable bonds is 16. The predicted octanol–water partition coefficient (Wildman–Crippen LogP) is 7.79. The Bertz CT molecular complexity index is 574. The molecule has 1 atom stereocenters. The zero-order valence-electron chi connectivity index (χ0n) is 20.3. The fraction of sp³-hybridized carbons (Fsp3) is 0.741. The second-order valence-corrected chi connectivity index (χ2v) is 9.65. The molecule has 0 fully saturated rings. The van der Waals surface area contributed by atoms with Crippen LogP contribution in [0.2, 0.25) is 0 Å². The van der Waals surface area contributed by atoms with E-state index in [2.05, 4.69) is 32.0 Å². The van der Waals surface area contributed by atoms with Gasteiger partial charge in [-0.1, -0.05) is 89.0 Å². The lowest BCUT2D eigenvalue weighted by Gasteiger charge is -2.19. The molecule has 0 N–H and O–H groups in total. The van der Waals surface area contributed by atoms with Gasteiger partial charge in [0.2, 0.25) is 0 Å². The number of hydrogen-bond acceptors (Lipinski definition) is 3. The lowest BCUT2D eigenvalue weighted by molar-refractivity contribution is -0.154. The molecular weight excluding hydrogens is 372 g/mol. The average Bonchev–Trinajstić information content (AvgIpc) is 2.68. The van der Waals surface area contributed by atoms with Crippen molar-refractivity contribution in [1.82, 2.24) is 0 Å². The zero-order valence-corrected chi connectivity index (χ0v) is 20.3. The lowest BCUT2D eigenvalue weighted by atomic mass is 10.1. The molecule has 0 amide bonds. The third-order valence-electron chi connectivity index (χ3n) is 5.28. The summed E-state index contributed by atoms with van der Waals surface area (Å²) in [6.45, 7) is 10.8. The summed E-state index contributed by atoms with van der Waals surface area (Å²) in [7, 11) is 0. The van der Waals surface area contributed by atoms with Crippen molar-refractivity contribution in [3.8, 4) is 0 Å². The van der Waals surface area contributed by atoms with E-state index in [1.807, 2.05) is 26.8 Å². The van der Waals surface area contributed by atoms with Crippen molar-refractivity contribution in [2.45, 2.75) is 130 Å².